The van der Waals surface area contributed by atoms with Gasteiger partial charge >= 0.3 is 6.18 Å². The first-order chi connectivity index (χ1) is 18.5. The Morgan fingerprint density at radius 2 is 2.05 bits per heavy atom. The number of aliphatic imine (C=N–C) groups is 1. The Balaban J connectivity index is 1.49. The minimum Gasteiger partial charge on any atom is -0.480 e. The number of hydrogen-bond donors (Lipinski definition) is 2. The lowest BCUT2D eigenvalue weighted by atomic mass is 9.84. The van der Waals surface area contributed by atoms with Gasteiger partial charge in [-0.25, -0.2) is 4.99 Å². The van der Waals surface area contributed by atoms with Crippen LogP contribution in [0.15, 0.2) is 23.2 Å². The molecule has 2 amide bonds. The monoisotopic (exact) mass is 550 g/mol. The number of hydrogen-bond acceptors (Lipinski definition) is 6. The maximum absolute atomic E-state index is 13.7. The molecule has 8 nitrogen and oxygen atoms in total. The van der Waals surface area contributed by atoms with Gasteiger partial charge in [0, 0.05) is 37.7 Å². The summed E-state index contributed by atoms with van der Waals surface area (Å²) >= 11 is 0. The third-order valence-corrected chi connectivity index (χ3v) is 8.83. The maximum atomic E-state index is 13.7. The van der Waals surface area contributed by atoms with Crippen molar-refractivity contribution in [2.75, 3.05) is 13.7 Å². The number of nitrogens with one attached hydrogen (secondary N) is 1. The molecular weight excluding hydrogens is 513 g/mol. The number of fused-ring (bicyclic) bond motifs is 5. The quantitative estimate of drug-likeness (QED) is 0.589. The summed E-state index contributed by atoms with van der Waals surface area (Å²) in [5, 5.41) is 2.90. The van der Waals surface area contributed by atoms with Crippen molar-refractivity contribution < 1.29 is 32.2 Å². The molecule has 0 aromatic heterocycles. The summed E-state index contributed by atoms with van der Waals surface area (Å²) in [6.07, 6.45) is -1.96. The summed E-state index contributed by atoms with van der Waals surface area (Å²) in [4.78, 5) is 33.3. The van der Waals surface area contributed by atoms with E-state index in [2.05, 4.69) is 5.32 Å². The number of methoxy groups -OCH3 is 1. The van der Waals surface area contributed by atoms with E-state index < -0.39 is 29.8 Å². The van der Waals surface area contributed by atoms with Crippen LogP contribution in [0.4, 0.5) is 13.2 Å². The molecule has 1 aromatic carbocycles. The van der Waals surface area contributed by atoms with E-state index in [1.165, 1.54) is 4.90 Å². The zero-order chi connectivity index (χ0) is 27.9. The topological polar surface area (TPSA) is 106 Å². The van der Waals surface area contributed by atoms with Gasteiger partial charge in [-0.3, -0.25) is 14.5 Å². The van der Waals surface area contributed by atoms with Gasteiger partial charge in [0.05, 0.1) is 18.0 Å². The summed E-state index contributed by atoms with van der Waals surface area (Å²) in [6, 6.07) is 4.04. The predicted molar refractivity (Wildman–Crippen MR) is 138 cm³/mol. The van der Waals surface area contributed by atoms with Crippen LogP contribution in [0.5, 0.6) is 5.75 Å². The van der Waals surface area contributed by atoms with Crippen molar-refractivity contribution in [3.63, 3.8) is 0 Å². The molecule has 214 valence electrons. The average Bonchev–Trinajstić information content (AvgIpc) is 3.68. The molecule has 6 atom stereocenters. The van der Waals surface area contributed by atoms with E-state index in [-0.39, 0.29) is 48.3 Å². The third kappa shape index (κ3) is 5.60. The molecule has 0 saturated heterocycles. The molecule has 1 saturated carbocycles. The van der Waals surface area contributed by atoms with Crippen LogP contribution in [0.1, 0.15) is 75.5 Å². The fourth-order valence-electron chi connectivity index (χ4n) is 6.50. The van der Waals surface area contributed by atoms with Crippen LogP contribution >= 0.6 is 0 Å². The Bertz CT molecular complexity index is 1140. The van der Waals surface area contributed by atoms with Crippen LogP contribution in [0.2, 0.25) is 0 Å². The SMILES string of the molecule is CC[C@@]12CCCCc3ccc4c(c3)[C@H](C[C@H](C(F)(F)F)O4)NC(=O)[C@H]3C[C@@H]3[C@@H](CCOC)N(C(=O)C1)C(N)=N2. The van der Waals surface area contributed by atoms with Gasteiger partial charge in [-0.2, -0.15) is 13.2 Å². The van der Waals surface area contributed by atoms with Gasteiger partial charge in [-0.05, 0) is 56.1 Å². The molecule has 3 N–H and O–H groups in total. The van der Waals surface area contributed by atoms with Gasteiger partial charge in [0.25, 0.3) is 0 Å². The van der Waals surface area contributed by atoms with Crippen molar-refractivity contribution >= 4 is 17.8 Å². The van der Waals surface area contributed by atoms with Crippen molar-refractivity contribution in [1.82, 2.24) is 10.2 Å². The number of carbonyl (C=O) groups excluding carboxylic acids is 2. The van der Waals surface area contributed by atoms with Crippen LogP contribution in [0.25, 0.3) is 0 Å². The highest BCUT2D eigenvalue weighted by Gasteiger charge is 2.53. The first kappa shape index (κ1) is 27.7. The van der Waals surface area contributed by atoms with Gasteiger partial charge in [-0.1, -0.05) is 25.5 Å². The average molecular weight is 551 g/mol. The van der Waals surface area contributed by atoms with Crippen molar-refractivity contribution in [2.45, 2.75) is 94.6 Å². The molecule has 6 rings (SSSR count). The van der Waals surface area contributed by atoms with E-state index in [1.807, 2.05) is 13.0 Å². The zero-order valence-corrected chi connectivity index (χ0v) is 22.4. The number of alkyl halides is 3. The van der Waals surface area contributed by atoms with E-state index in [0.29, 0.717) is 44.3 Å². The lowest BCUT2D eigenvalue weighted by Crippen LogP contribution is -2.56. The second kappa shape index (κ2) is 10.6. The van der Waals surface area contributed by atoms with Crippen LogP contribution in [0, 0.1) is 11.8 Å². The molecule has 5 aliphatic rings. The van der Waals surface area contributed by atoms with E-state index in [0.717, 1.165) is 18.4 Å². The number of ether oxygens (including phenoxy) is 2. The second-order valence-electron chi connectivity index (χ2n) is 11.4. The number of benzene rings is 1. The zero-order valence-electron chi connectivity index (χ0n) is 22.4. The lowest BCUT2D eigenvalue weighted by Gasteiger charge is -2.40. The highest BCUT2D eigenvalue weighted by molar-refractivity contribution is 5.99. The fraction of sp³-hybridized carbons (Fsp3) is 0.679. The molecule has 0 spiro atoms. The van der Waals surface area contributed by atoms with E-state index in [9.17, 15) is 22.8 Å². The summed E-state index contributed by atoms with van der Waals surface area (Å²) in [5.41, 5.74) is 7.43. The Morgan fingerprint density at radius 3 is 2.74 bits per heavy atom. The number of halogens is 3. The van der Waals surface area contributed by atoms with E-state index in [4.69, 9.17) is 20.2 Å². The smallest absolute Gasteiger partial charge is 0.425 e. The van der Waals surface area contributed by atoms with Crippen LogP contribution in [0.3, 0.4) is 0 Å². The molecule has 4 aliphatic heterocycles. The third-order valence-electron chi connectivity index (χ3n) is 8.83. The molecule has 39 heavy (non-hydrogen) atoms. The first-order valence-corrected chi connectivity index (χ1v) is 13.9. The Kier molecular flexibility index (Phi) is 7.56. The van der Waals surface area contributed by atoms with Crippen molar-refractivity contribution in [2.24, 2.45) is 22.6 Å². The molecule has 4 bridgehead atoms. The maximum Gasteiger partial charge on any atom is 0.425 e. The van der Waals surface area contributed by atoms with Gasteiger partial charge < -0.3 is 20.5 Å². The van der Waals surface area contributed by atoms with Gasteiger partial charge in [0.15, 0.2) is 12.1 Å². The number of rotatable bonds is 4. The highest BCUT2D eigenvalue weighted by atomic mass is 19.4. The second-order valence-corrected chi connectivity index (χ2v) is 11.4. The minimum absolute atomic E-state index is 0.102. The number of aryl methyl sites for hydroxylation is 1. The summed E-state index contributed by atoms with van der Waals surface area (Å²) in [5.74, 6) is -0.722. The van der Waals surface area contributed by atoms with Crippen molar-refractivity contribution in [3.8, 4) is 5.75 Å². The molecule has 0 unspecified atom stereocenters. The largest absolute Gasteiger partial charge is 0.480 e. The number of nitrogens with two attached hydrogens (primary N) is 1. The number of amides is 2. The van der Waals surface area contributed by atoms with Gasteiger partial charge in [0.2, 0.25) is 11.8 Å². The van der Waals surface area contributed by atoms with E-state index in [1.54, 1.807) is 19.2 Å². The van der Waals surface area contributed by atoms with Crippen molar-refractivity contribution in [3.05, 3.63) is 29.3 Å². The normalized spacial score (nSPS) is 33.0. The van der Waals surface area contributed by atoms with Crippen LogP contribution < -0.4 is 15.8 Å². The molecule has 1 aliphatic carbocycles. The first-order valence-electron chi connectivity index (χ1n) is 13.9. The molecule has 1 fully saturated rings. The van der Waals surface area contributed by atoms with Gasteiger partial charge in [0.1, 0.15) is 5.75 Å². The Hall–Kier alpha value is -2.82. The highest BCUT2D eigenvalue weighted by Crippen LogP contribution is 2.47. The van der Waals surface area contributed by atoms with Crippen LogP contribution in [-0.4, -0.2) is 60.3 Å². The summed E-state index contributed by atoms with van der Waals surface area (Å²) in [7, 11) is 1.57. The van der Waals surface area contributed by atoms with E-state index >= 15 is 0 Å². The summed E-state index contributed by atoms with van der Waals surface area (Å²) < 4.78 is 51.7. The lowest BCUT2D eigenvalue weighted by molar-refractivity contribution is -0.201. The Labute approximate surface area is 226 Å². The molecular formula is C28H37F3N4O4. The number of carbonyl (C=O) groups is 2. The fourth-order valence-corrected chi connectivity index (χ4v) is 6.50. The molecule has 11 heteroatoms. The number of nitrogens with zero attached hydrogens (tertiary/aromatic N) is 2. The number of guanidine groups is 1. The summed E-state index contributed by atoms with van der Waals surface area (Å²) in [6.45, 7) is 2.39. The molecule has 0 radical (unpaired) electrons. The Morgan fingerprint density at radius 1 is 1.26 bits per heavy atom. The van der Waals surface area contributed by atoms with Crippen molar-refractivity contribution in [1.29, 1.82) is 0 Å². The van der Waals surface area contributed by atoms with Gasteiger partial charge in [-0.15, -0.1) is 0 Å². The van der Waals surface area contributed by atoms with Crippen LogP contribution in [-0.2, 0) is 20.7 Å². The molecule has 4 heterocycles. The standard InChI is InChI=1S/C28H37F3N4O4/c1-3-27-10-5-4-6-16-7-8-22-19(12-16)20(14-23(39-22)28(29,30)31)33-25(37)18-13-17(18)21(9-11-38-2)35(24(36)15-27)26(32)34-27/h7-8,12,17-18,20-21,23H,3-6,9-11,13-15H2,1-2H3,(H2,32,34)(H,33,37)/t17-,18-,20-,21+,23+,27+/m0/s1. The molecule has 1 aromatic rings. The predicted octanol–water partition coefficient (Wildman–Crippen LogP) is 4.02. The minimum atomic E-state index is -4.55.